The second kappa shape index (κ2) is 11.4. The Morgan fingerprint density at radius 3 is 2.35 bits per heavy atom. The lowest BCUT2D eigenvalue weighted by Crippen LogP contribution is -2.14. The molecule has 0 fully saturated rings. The minimum absolute atomic E-state index is 0.0188. The maximum Gasteiger partial charge on any atom is 0.339 e. The van der Waals surface area contributed by atoms with Crippen molar-refractivity contribution in [3.8, 4) is 23.3 Å². The van der Waals surface area contributed by atoms with Crippen LogP contribution in [0, 0.1) is 21.4 Å². The summed E-state index contributed by atoms with van der Waals surface area (Å²) in [6.07, 6.45) is 1.21. The van der Waals surface area contributed by atoms with Gasteiger partial charge in [0.15, 0.2) is 11.5 Å². The summed E-state index contributed by atoms with van der Waals surface area (Å²) in [5.74, 6) is -0.504. The van der Waals surface area contributed by atoms with Crippen LogP contribution in [0.5, 0.6) is 17.2 Å². The number of non-ortho nitro benzene ring substituents is 1. The number of nitro benzene ring substituents is 1. The number of carbonyl (C=O) groups excluding carboxylic acids is 1. The third-order valence-corrected chi connectivity index (χ3v) is 6.40. The van der Waals surface area contributed by atoms with E-state index in [1.54, 1.807) is 6.07 Å². The average molecular weight is 544 g/mol. The van der Waals surface area contributed by atoms with Gasteiger partial charge >= 0.3 is 10.1 Å². The fourth-order valence-corrected chi connectivity index (χ4v) is 4.08. The highest BCUT2D eigenvalue weighted by Gasteiger charge is 2.20. The van der Waals surface area contributed by atoms with Crippen LogP contribution in [0.2, 0.25) is 5.02 Å². The predicted octanol–water partition coefficient (Wildman–Crippen LogP) is 4.58. The van der Waals surface area contributed by atoms with E-state index in [1.165, 1.54) is 74.9 Å². The van der Waals surface area contributed by atoms with Gasteiger partial charge in [0.05, 0.1) is 29.9 Å². The van der Waals surface area contributed by atoms with E-state index < -0.39 is 20.9 Å². The van der Waals surface area contributed by atoms with Crippen LogP contribution in [0.3, 0.4) is 0 Å². The number of hydrogen-bond acceptors (Lipinski definition) is 9. The van der Waals surface area contributed by atoms with Crippen LogP contribution in [0.1, 0.15) is 5.56 Å². The van der Waals surface area contributed by atoms with Gasteiger partial charge in [-0.05, 0) is 54.1 Å². The summed E-state index contributed by atoms with van der Waals surface area (Å²) in [5.41, 5.74) is -0.397. The predicted molar refractivity (Wildman–Crippen MR) is 134 cm³/mol. The first-order valence-corrected chi connectivity index (χ1v) is 12.0. The molecule has 0 bridgehead atoms. The van der Waals surface area contributed by atoms with Crippen molar-refractivity contribution in [2.75, 3.05) is 19.5 Å². The van der Waals surface area contributed by atoms with E-state index in [2.05, 4.69) is 5.32 Å². The number of amides is 1. The second-order valence-electron chi connectivity index (χ2n) is 7.17. The van der Waals surface area contributed by atoms with Gasteiger partial charge < -0.3 is 19.0 Å². The van der Waals surface area contributed by atoms with Crippen molar-refractivity contribution in [2.24, 2.45) is 0 Å². The Morgan fingerprint density at radius 1 is 1.05 bits per heavy atom. The first-order valence-electron chi connectivity index (χ1n) is 10.2. The van der Waals surface area contributed by atoms with E-state index in [0.717, 1.165) is 6.07 Å². The number of carbonyl (C=O) groups is 1. The normalized spacial score (nSPS) is 11.2. The summed E-state index contributed by atoms with van der Waals surface area (Å²) in [5, 5.41) is 22.9. The molecule has 0 saturated heterocycles. The number of halogens is 1. The minimum Gasteiger partial charge on any atom is -0.497 e. The van der Waals surface area contributed by atoms with Gasteiger partial charge in [0.25, 0.3) is 11.6 Å². The summed E-state index contributed by atoms with van der Waals surface area (Å²) in [6.45, 7) is 0. The zero-order valence-corrected chi connectivity index (χ0v) is 20.9. The van der Waals surface area contributed by atoms with Gasteiger partial charge in [0, 0.05) is 12.1 Å². The number of methoxy groups -OCH3 is 2. The molecule has 190 valence electrons. The summed E-state index contributed by atoms with van der Waals surface area (Å²) < 4.78 is 40.8. The van der Waals surface area contributed by atoms with Crippen LogP contribution in [0.4, 0.5) is 11.4 Å². The number of nitro groups is 1. The van der Waals surface area contributed by atoms with E-state index >= 15 is 0 Å². The highest BCUT2D eigenvalue weighted by Crippen LogP contribution is 2.32. The molecular formula is C24H18ClN3O8S. The number of benzene rings is 3. The third kappa shape index (κ3) is 6.54. The summed E-state index contributed by atoms with van der Waals surface area (Å²) >= 11 is 6.00. The molecule has 37 heavy (non-hydrogen) atoms. The second-order valence-corrected chi connectivity index (χ2v) is 9.12. The van der Waals surface area contributed by atoms with Crippen LogP contribution < -0.4 is 19.0 Å². The zero-order chi connectivity index (χ0) is 27.2. The van der Waals surface area contributed by atoms with Gasteiger partial charge in [-0.1, -0.05) is 17.7 Å². The summed E-state index contributed by atoms with van der Waals surface area (Å²) in [7, 11) is -1.46. The molecule has 0 atom stereocenters. The van der Waals surface area contributed by atoms with Crippen molar-refractivity contribution in [3.05, 3.63) is 86.9 Å². The number of hydrogen-bond donors (Lipinski definition) is 1. The molecule has 11 nitrogen and oxygen atoms in total. The maximum atomic E-state index is 12.7. The monoisotopic (exact) mass is 543 g/mol. The fourth-order valence-electron chi connectivity index (χ4n) is 2.98. The smallest absolute Gasteiger partial charge is 0.339 e. The Labute approximate surface area is 216 Å². The van der Waals surface area contributed by atoms with Gasteiger partial charge in [-0.2, -0.15) is 13.7 Å². The Balaban J connectivity index is 1.85. The lowest BCUT2D eigenvalue weighted by atomic mass is 10.1. The number of nitrogens with one attached hydrogen (secondary N) is 1. The largest absolute Gasteiger partial charge is 0.497 e. The number of nitrogens with zero attached hydrogens (tertiary/aromatic N) is 2. The van der Waals surface area contributed by atoms with E-state index in [-0.39, 0.29) is 38.4 Å². The molecule has 0 saturated carbocycles. The van der Waals surface area contributed by atoms with Gasteiger partial charge in [0.1, 0.15) is 22.3 Å². The molecule has 3 aromatic carbocycles. The standard InChI is InChI=1S/C24H18ClN3O8S/c1-34-18-5-7-19(8-6-18)37(32,33)36-22-10-3-15(12-23(22)35-2)11-16(14-26)24(29)27-21-13-17(28(30)31)4-9-20(21)25/h3-13H,1-2H3,(H,27,29)/b16-11+. The highest BCUT2D eigenvalue weighted by atomic mass is 35.5. The highest BCUT2D eigenvalue weighted by molar-refractivity contribution is 7.87. The number of anilines is 1. The summed E-state index contributed by atoms with van der Waals surface area (Å²) in [6, 6.07) is 14.9. The SMILES string of the molecule is COc1ccc(S(=O)(=O)Oc2ccc(/C=C(\C#N)C(=O)Nc3cc([N+](=O)[O-])ccc3Cl)cc2OC)cc1. The maximum absolute atomic E-state index is 12.7. The third-order valence-electron chi connectivity index (χ3n) is 4.82. The Kier molecular flexibility index (Phi) is 8.33. The van der Waals surface area contributed by atoms with Crippen molar-refractivity contribution < 1.29 is 31.8 Å². The average Bonchev–Trinajstić information content (AvgIpc) is 2.88. The fraction of sp³-hybridized carbons (Fsp3) is 0.0833. The minimum atomic E-state index is -4.20. The van der Waals surface area contributed by atoms with Gasteiger partial charge in [-0.25, -0.2) is 0 Å². The van der Waals surface area contributed by atoms with Crippen molar-refractivity contribution >= 4 is 45.1 Å². The molecule has 0 unspecified atom stereocenters. The molecule has 0 aliphatic carbocycles. The Morgan fingerprint density at radius 2 is 1.76 bits per heavy atom. The topological polar surface area (TPSA) is 158 Å². The molecule has 1 N–H and O–H groups in total. The van der Waals surface area contributed by atoms with Crippen molar-refractivity contribution in [1.82, 2.24) is 0 Å². The molecule has 0 heterocycles. The van der Waals surface area contributed by atoms with E-state index in [9.17, 15) is 28.6 Å². The molecular weight excluding hydrogens is 526 g/mol. The molecule has 0 aliphatic heterocycles. The number of ether oxygens (including phenoxy) is 2. The van der Waals surface area contributed by atoms with E-state index in [1.807, 2.05) is 0 Å². The molecule has 0 aromatic heterocycles. The Bertz CT molecular complexity index is 1530. The molecule has 3 aromatic rings. The summed E-state index contributed by atoms with van der Waals surface area (Å²) in [4.78, 5) is 22.8. The van der Waals surface area contributed by atoms with Crippen LogP contribution in [-0.4, -0.2) is 33.5 Å². The lowest BCUT2D eigenvalue weighted by Gasteiger charge is -2.12. The molecule has 0 radical (unpaired) electrons. The lowest BCUT2D eigenvalue weighted by molar-refractivity contribution is -0.384. The van der Waals surface area contributed by atoms with E-state index in [4.69, 9.17) is 25.3 Å². The zero-order valence-electron chi connectivity index (χ0n) is 19.3. The van der Waals surface area contributed by atoms with Crippen LogP contribution in [-0.2, 0) is 14.9 Å². The van der Waals surface area contributed by atoms with Crippen molar-refractivity contribution in [1.29, 1.82) is 5.26 Å². The molecule has 1 amide bonds. The van der Waals surface area contributed by atoms with Crippen molar-refractivity contribution in [2.45, 2.75) is 4.90 Å². The van der Waals surface area contributed by atoms with Crippen molar-refractivity contribution in [3.63, 3.8) is 0 Å². The molecule has 13 heteroatoms. The number of rotatable bonds is 9. The molecule has 0 aliphatic rings. The molecule has 0 spiro atoms. The van der Waals surface area contributed by atoms with Crippen LogP contribution >= 0.6 is 11.6 Å². The first-order chi connectivity index (χ1) is 17.6. The van der Waals surface area contributed by atoms with Gasteiger partial charge in [-0.15, -0.1) is 0 Å². The molecule has 3 rings (SSSR count). The van der Waals surface area contributed by atoms with Gasteiger partial charge in [-0.3, -0.25) is 14.9 Å². The quantitative estimate of drug-likeness (QED) is 0.134. The Hall–Kier alpha value is -4.60. The van der Waals surface area contributed by atoms with Crippen LogP contribution in [0.25, 0.3) is 6.08 Å². The first kappa shape index (κ1) is 27.0. The van der Waals surface area contributed by atoms with Crippen LogP contribution in [0.15, 0.2) is 71.1 Å². The van der Waals surface area contributed by atoms with Gasteiger partial charge in [0.2, 0.25) is 0 Å². The number of nitriles is 1. The van der Waals surface area contributed by atoms with E-state index in [0.29, 0.717) is 11.3 Å².